The first-order valence-electron chi connectivity index (χ1n) is 9.45. The average molecular weight is 543 g/mol. The van der Waals surface area contributed by atoms with Gasteiger partial charge in [-0.15, -0.1) is 24.0 Å². The molecule has 0 radical (unpaired) electrons. The van der Waals surface area contributed by atoms with Crippen LogP contribution in [0.15, 0.2) is 29.3 Å². The minimum Gasteiger partial charge on any atom is -0.497 e. The van der Waals surface area contributed by atoms with Crippen LogP contribution >= 0.6 is 24.0 Å². The lowest BCUT2D eigenvalue weighted by molar-refractivity contribution is -0.181. The van der Waals surface area contributed by atoms with Crippen LogP contribution in [0.4, 0.5) is 13.2 Å². The van der Waals surface area contributed by atoms with Crippen LogP contribution in [0.1, 0.15) is 17.3 Å². The molecule has 1 fully saturated rings. The zero-order valence-electron chi connectivity index (χ0n) is 17.3. The molecule has 1 heterocycles. The molecule has 0 spiro atoms. The number of aliphatic imine (C=N–C) groups is 1. The van der Waals surface area contributed by atoms with Crippen LogP contribution in [0.5, 0.6) is 5.75 Å². The van der Waals surface area contributed by atoms with Crippen LogP contribution in [-0.4, -0.2) is 87.3 Å². The van der Waals surface area contributed by atoms with Gasteiger partial charge in [-0.2, -0.15) is 13.2 Å². The fourth-order valence-corrected chi connectivity index (χ4v) is 3.08. The summed E-state index contributed by atoms with van der Waals surface area (Å²) in [4.78, 5) is 19.7. The molecule has 11 heteroatoms. The first kappa shape index (κ1) is 26.3. The second kappa shape index (κ2) is 12.2. The molecule has 1 aromatic carbocycles. The van der Waals surface area contributed by atoms with Crippen molar-refractivity contribution in [3.05, 3.63) is 29.8 Å². The Labute approximate surface area is 192 Å². The third-order valence-corrected chi connectivity index (χ3v) is 4.87. The largest absolute Gasteiger partial charge is 0.497 e. The van der Waals surface area contributed by atoms with Crippen LogP contribution in [-0.2, 0) is 0 Å². The van der Waals surface area contributed by atoms with E-state index in [4.69, 9.17) is 4.74 Å². The van der Waals surface area contributed by atoms with Gasteiger partial charge in [0.25, 0.3) is 5.91 Å². The monoisotopic (exact) mass is 543 g/mol. The zero-order valence-corrected chi connectivity index (χ0v) is 19.7. The van der Waals surface area contributed by atoms with Gasteiger partial charge in [-0.25, -0.2) is 0 Å². The fraction of sp³-hybridized carbons (Fsp3) is 0.579. The number of guanidine groups is 1. The van der Waals surface area contributed by atoms with E-state index in [1.54, 1.807) is 31.3 Å². The number of carbonyl (C=O) groups excluding carboxylic acids is 1. The Morgan fingerprint density at radius 1 is 1.20 bits per heavy atom. The van der Waals surface area contributed by atoms with Gasteiger partial charge < -0.3 is 20.3 Å². The summed E-state index contributed by atoms with van der Waals surface area (Å²) in [6.45, 7) is 3.55. The number of hydrogen-bond donors (Lipinski definition) is 2. The number of alkyl halides is 3. The van der Waals surface area contributed by atoms with Crippen LogP contribution in [0.3, 0.4) is 0 Å². The van der Waals surface area contributed by atoms with Crippen LogP contribution < -0.4 is 15.4 Å². The number of piperazine rings is 1. The number of hydrogen-bond acceptors (Lipinski definition) is 4. The number of carbonyl (C=O) groups is 1. The molecule has 1 saturated heterocycles. The van der Waals surface area contributed by atoms with Gasteiger partial charge in [-0.05, 0) is 25.1 Å². The lowest BCUT2D eigenvalue weighted by Gasteiger charge is -2.39. The van der Waals surface area contributed by atoms with E-state index in [-0.39, 0.29) is 29.9 Å². The quantitative estimate of drug-likeness (QED) is 0.249. The van der Waals surface area contributed by atoms with Crippen molar-refractivity contribution in [2.45, 2.75) is 19.1 Å². The van der Waals surface area contributed by atoms with E-state index in [2.05, 4.69) is 15.6 Å². The molecule has 1 amide bonds. The molecule has 0 aromatic heterocycles. The first-order valence-corrected chi connectivity index (χ1v) is 9.45. The summed E-state index contributed by atoms with van der Waals surface area (Å²) in [5.74, 6) is 1.01. The predicted molar refractivity (Wildman–Crippen MR) is 121 cm³/mol. The summed E-state index contributed by atoms with van der Waals surface area (Å²) in [6.07, 6.45) is -4.22. The molecule has 0 saturated carbocycles. The number of nitrogens with one attached hydrogen (secondary N) is 2. The highest BCUT2D eigenvalue weighted by atomic mass is 127. The van der Waals surface area contributed by atoms with Crippen molar-refractivity contribution < 1.29 is 22.7 Å². The minimum absolute atomic E-state index is 0. The maximum Gasteiger partial charge on any atom is 0.403 e. The van der Waals surface area contributed by atoms with E-state index < -0.39 is 12.2 Å². The van der Waals surface area contributed by atoms with Gasteiger partial charge in [0.2, 0.25) is 0 Å². The highest BCUT2D eigenvalue weighted by Crippen LogP contribution is 2.25. The Balaban J connectivity index is 0.00000450. The van der Waals surface area contributed by atoms with E-state index in [0.717, 1.165) is 0 Å². The smallest absolute Gasteiger partial charge is 0.403 e. The Morgan fingerprint density at radius 2 is 1.83 bits per heavy atom. The second-order valence-electron chi connectivity index (χ2n) is 6.70. The highest BCUT2D eigenvalue weighted by molar-refractivity contribution is 14.0. The van der Waals surface area contributed by atoms with Gasteiger partial charge in [-0.1, -0.05) is 6.07 Å². The molecule has 1 unspecified atom stereocenters. The Bertz CT molecular complexity index is 710. The van der Waals surface area contributed by atoms with Gasteiger partial charge in [0.15, 0.2) is 5.96 Å². The zero-order chi connectivity index (χ0) is 21.4. The lowest BCUT2D eigenvalue weighted by Crippen LogP contribution is -2.57. The summed E-state index contributed by atoms with van der Waals surface area (Å²) in [6, 6.07) is 5.41. The Kier molecular flexibility index (Phi) is 10.7. The summed E-state index contributed by atoms with van der Waals surface area (Å²) in [5.41, 5.74) is 0.503. The second-order valence-corrected chi connectivity index (χ2v) is 6.70. The van der Waals surface area contributed by atoms with Crippen molar-refractivity contribution in [1.82, 2.24) is 20.4 Å². The topological polar surface area (TPSA) is 69.2 Å². The Hall–Kier alpha value is -1.76. The number of ether oxygens (including phenoxy) is 1. The van der Waals surface area contributed by atoms with Gasteiger partial charge in [-0.3, -0.25) is 14.7 Å². The van der Waals surface area contributed by atoms with E-state index >= 15 is 0 Å². The first-order chi connectivity index (χ1) is 13.8. The van der Waals surface area contributed by atoms with Crippen molar-refractivity contribution in [2.75, 3.05) is 53.4 Å². The van der Waals surface area contributed by atoms with E-state index in [1.165, 1.54) is 18.9 Å². The predicted octanol–water partition coefficient (Wildman–Crippen LogP) is 2.19. The number of rotatable bonds is 6. The standard InChI is InChI=1S/C19H28F3N5O2.HI/c1-14(19(20,21)22)26-9-11-27(12-10-26)18(23-2)25-8-7-24-17(28)15-5-4-6-16(13-15)29-3;/h4-6,13-14H,7-12H2,1-3H3,(H,23,25)(H,24,28);1H. The number of nitrogens with zero attached hydrogens (tertiary/aromatic N) is 3. The molecule has 2 rings (SSSR count). The van der Waals surface area contributed by atoms with Gasteiger partial charge in [0.1, 0.15) is 11.8 Å². The number of halogens is 4. The SMILES string of the molecule is CN=C(NCCNC(=O)c1cccc(OC)c1)N1CCN(C(C)C(F)(F)F)CC1.I. The minimum atomic E-state index is -4.22. The molecule has 30 heavy (non-hydrogen) atoms. The molecule has 0 aliphatic carbocycles. The van der Waals surface area contributed by atoms with Crippen LogP contribution in [0.2, 0.25) is 0 Å². The van der Waals surface area contributed by atoms with Crippen molar-refractivity contribution in [3.63, 3.8) is 0 Å². The van der Waals surface area contributed by atoms with Crippen molar-refractivity contribution in [3.8, 4) is 5.75 Å². The summed E-state index contributed by atoms with van der Waals surface area (Å²) in [7, 11) is 3.16. The van der Waals surface area contributed by atoms with Crippen molar-refractivity contribution >= 4 is 35.8 Å². The highest BCUT2D eigenvalue weighted by Gasteiger charge is 2.41. The molecule has 1 atom stereocenters. The maximum absolute atomic E-state index is 12.9. The number of methoxy groups -OCH3 is 1. The summed E-state index contributed by atoms with van der Waals surface area (Å²) < 4.78 is 43.7. The Morgan fingerprint density at radius 3 is 2.40 bits per heavy atom. The van der Waals surface area contributed by atoms with Crippen LogP contribution in [0, 0.1) is 0 Å². The lowest BCUT2D eigenvalue weighted by atomic mass is 10.2. The summed E-state index contributed by atoms with van der Waals surface area (Å²) in [5, 5.41) is 5.95. The molecular formula is C19H29F3IN5O2. The molecular weight excluding hydrogens is 514 g/mol. The molecule has 1 aliphatic heterocycles. The average Bonchev–Trinajstić information content (AvgIpc) is 2.72. The van der Waals surface area contributed by atoms with E-state index in [1.807, 2.05) is 4.90 Å². The van der Waals surface area contributed by atoms with Gasteiger partial charge in [0, 0.05) is 51.9 Å². The molecule has 2 N–H and O–H groups in total. The third kappa shape index (κ3) is 7.49. The number of amides is 1. The van der Waals surface area contributed by atoms with Crippen molar-refractivity contribution in [2.24, 2.45) is 4.99 Å². The summed E-state index contributed by atoms with van der Waals surface area (Å²) >= 11 is 0. The molecule has 170 valence electrons. The molecule has 1 aliphatic rings. The number of benzene rings is 1. The van der Waals surface area contributed by atoms with E-state index in [9.17, 15) is 18.0 Å². The molecule has 7 nitrogen and oxygen atoms in total. The van der Waals surface area contributed by atoms with Gasteiger partial charge >= 0.3 is 6.18 Å². The van der Waals surface area contributed by atoms with E-state index in [0.29, 0.717) is 56.5 Å². The normalized spacial score (nSPS) is 16.5. The molecule has 0 bridgehead atoms. The van der Waals surface area contributed by atoms with Crippen LogP contribution in [0.25, 0.3) is 0 Å². The fourth-order valence-electron chi connectivity index (χ4n) is 3.08. The maximum atomic E-state index is 12.9. The van der Waals surface area contributed by atoms with Gasteiger partial charge in [0.05, 0.1) is 7.11 Å². The molecule has 1 aromatic rings. The van der Waals surface area contributed by atoms with Crippen molar-refractivity contribution in [1.29, 1.82) is 0 Å². The third-order valence-electron chi connectivity index (χ3n) is 4.87.